The first kappa shape index (κ1) is 12.7. The molecule has 0 radical (unpaired) electrons. The lowest BCUT2D eigenvalue weighted by Gasteiger charge is -2.15. The van der Waals surface area contributed by atoms with Gasteiger partial charge in [0.2, 0.25) is 0 Å². The van der Waals surface area contributed by atoms with Crippen LogP contribution in [-0.4, -0.2) is 19.7 Å². The minimum Gasteiger partial charge on any atom is -0.271 e. The summed E-state index contributed by atoms with van der Waals surface area (Å²) in [6.45, 7) is 0. The maximum atomic E-state index is 5.67. The highest BCUT2D eigenvalue weighted by Gasteiger charge is 2.15. The molecule has 0 saturated heterocycles. The lowest BCUT2D eigenvalue weighted by atomic mass is 10.1. The summed E-state index contributed by atoms with van der Waals surface area (Å²) >= 11 is 0. The number of para-hydroxylation sites is 1. The molecule has 1 unspecified atom stereocenters. The summed E-state index contributed by atoms with van der Waals surface area (Å²) in [5, 5.41) is 5.18. The number of rotatable bonds is 4. The monoisotopic (exact) mass is 268 g/mol. The molecule has 0 amide bonds. The number of fused-ring (bicyclic) bond motifs is 1. The highest BCUT2D eigenvalue weighted by Crippen LogP contribution is 2.18. The Kier molecular flexibility index (Phi) is 3.41. The van der Waals surface area contributed by atoms with E-state index in [4.69, 9.17) is 5.84 Å². The standard InChI is InChI=1S/C14H16N6/c1-20-14(16-9-17-20)8-13(19-15)12-7-6-10-4-2-3-5-11(10)18-12/h2-7,9,13,19H,8,15H2,1H3. The molecule has 0 fully saturated rings. The van der Waals surface area contributed by atoms with Gasteiger partial charge in [-0.15, -0.1) is 0 Å². The van der Waals surface area contributed by atoms with Crippen LogP contribution in [-0.2, 0) is 13.5 Å². The molecule has 102 valence electrons. The van der Waals surface area contributed by atoms with Gasteiger partial charge in [-0.2, -0.15) is 5.10 Å². The quantitative estimate of drug-likeness (QED) is 0.547. The van der Waals surface area contributed by atoms with Crippen molar-refractivity contribution in [2.24, 2.45) is 12.9 Å². The third kappa shape index (κ3) is 2.38. The van der Waals surface area contributed by atoms with E-state index >= 15 is 0 Å². The molecule has 6 nitrogen and oxygen atoms in total. The van der Waals surface area contributed by atoms with Gasteiger partial charge >= 0.3 is 0 Å². The topological polar surface area (TPSA) is 81.7 Å². The van der Waals surface area contributed by atoms with Crippen molar-refractivity contribution in [3.8, 4) is 0 Å². The van der Waals surface area contributed by atoms with Crippen LogP contribution in [0.25, 0.3) is 10.9 Å². The Bertz CT molecular complexity index is 720. The molecule has 0 aliphatic carbocycles. The third-order valence-corrected chi connectivity index (χ3v) is 3.37. The lowest BCUT2D eigenvalue weighted by Crippen LogP contribution is -2.31. The number of nitrogens with zero attached hydrogens (tertiary/aromatic N) is 4. The van der Waals surface area contributed by atoms with E-state index in [0.29, 0.717) is 6.42 Å². The number of pyridine rings is 1. The second-order valence-corrected chi connectivity index (χ2v) is 4.65. The number of hydrogen-bond donors (Lipinski definition) is 2. The molecule has 2 heterocycles. The summed E-state index contributed by atoms with van der Waals surface area (Å²) in [6.07, 6.45) is 2.18. The van der Waals surface area contributed by atoms with Crippen LogP contribution in [0.15, 0.2) is 42.7 Å². The summed E-state index contributed by atoms with van der Waals surface area (Å²) < 4.78 is 1.74. The van der Waals surface area contributed by atoms with Crippen LogP contribution < -0.4 is 11.3 Å². The van der Waals surface area contributed by atoms with Crippen molar-refractivity contribution in [1.29, 1.82) is 0 Å². The van der Waals surface area contributed by atoms with Gasteiger partial charge in [-0.25, -0.2) is 4.98 Å². The van der Waals surface area contributed by atoms with Gasteiger partial charge in [0.1, 0.15) is 12.2 Å². The normalized spacial score (nSPS) is 12.7. The van der Waals surface area contributed by atoms with Crippen LogP contribution in [0.4, 0.5) is 0 Å². The molecule has 1 aromatic carbocycles. The first-order valence-corrected chi connectivity index (χ1v) is 6.42. The molecule has 3 N–H and O–H groups in total. The van der Waals surface area contributed by atoms with Crippen molar-refractivity contribution >= 4 is 10.9 Å². The fraction of sp³-hybridized carbons (Fsp3) is 0.214. The fourth-order valence-electron chi connectivity index (χ4n) is 2.21. The van der Waals surface area contributed by atoms with E-state index in [0.717, 1.165) is 22.4 Å². The SMILES string of the molecule is Cn1ncnc1CC(NN)c1ccc2ccccc2n1. The van der Waals surface area contributed by atoms with Crippen molar-refractivity contribution in [3.63, 3.8) is 0 Å². The summed E-state index contributed by atoms with van der Waals surface area (Å²) in [5.74, 6) is 6.53. The molecule has 2 aromatic heterocycles. The van der Waals surface area contributed by atoms with Gasteiger partial charge in [0.05, 0.1) is 17.3 Å². The van der Waals surface area contributed by atoms with Gasteiger partial charge in [-0.3, -0.25) is 20.9 Å². The average Bonchev–Trinajstić information content (AvgIpc) is 2.89. The molecular weight excluding hydrogens is 252 g/mol. The van der Waals surface area contributed by atoms with Crippen molar-refractivity contribution in [3.05, 3.63) is 54.2 Å². The second kappa shape index (κ2) is 5.36. The first-order valence-electron chi connectivity index (χ1n) is 6.42. The molecular formula is C14H16N6. The highest BCUT2D eigenvalue weighted by atomic mass is 15.3. The van der Waals surface area contributed by atoms with Crippen molar-refractivity contribution in [2.75, 3.05) is 0 Å². The van der Waals surface area contributed by atoms with Gasteiger partial charge in [0, 0.05) is 18.9 Å². The van der Waals surface area contributed by atoms with Crippen LogP contribution in [0.5, 0.6) is 0 Å². The Hall–Kier alpha value is -2.31. The number of hydrogen-bond acceptors (Lipinski definition) is 5. The highest BCUT2D eigenvalue weighted by molar-refractivity contribution is 5.78. The summed E-state index contributed by atoms with van der Waals surface area (Å²) in [5.41, 5.74) is 4.66. The van der Waals surface area contributed by atoms with Crippen molar-refractivity contribution in [1.82, 2.24) is 25.2 Å². The number of nitrogens with two attached hydrogens (primary N) is 1. The Morgan fingerprint density at radius 2 is 2.10 bits per heavy atom. The van der Waals surface area contributed by atoms with E-state index in [1.807, 2.05) is 37.4 Å². The predicted octanol–water partition coefficient (Wildman–Crippen LogP) is 1.11. The Morgan fingerprint density at radius 3 is 2.85 bits per heavy atom. The number of aromatic nitrogens is 4. The van der Waals surface area contributed by atoms with Gasteiger partial charge in [0.15, 0.2) is 0 Å². The van der Waals surface area contributed by atoms with Crippen LogP contribution in [0.1, 0.15) is 17.6 Å². The van der Waals surface area contributed by atoms with E-state index in [9.17, 15) is 0 Å². The Morgan fingerprint density at radius 1 is 1.25 bits per heavy atom. The maximum absolute atomic E-state index is 5.67. The number of aryl methyl sites for hydroxylation is 1. The van der Waals surface area contributed by atoms with Gasteiger partial charge < -0.3 is 0 Å². The van der Waals surface area contributed by atoms with Crippen molar-refractivity contribution < 1.29 is 0 Å². The first-order chi connectivity index (χ1) is 9.78. The molecule has 3 aromatic rings. The van der Waals surface area contributed by atoms with E-state index in [1.165, 1.54) is 6.33 Å². The molecule has 0 spiro atoms. The predicted molar refractivity (Wildman–Crippen MR) is 76.5 cm³/mol. The zero-order chi connectivity index (χ0) is 13.9. The number of benzene rings is 1. The minimum absolute atomic E-state index is 0.0949. The minimum atomic E-state index is -0.0949. The van der Waals surface area contributed by atoms with Crippen molar-refractivity contribution in [2.45, 2.75) is 12.5 Å². The van der Waals surface area contributed by atoms with Crippen LogP contribution in [0, 0.1) is 0 Å². The van der Waals surface area contributed by atoms with E-state index in [-0.39, 0.29) is 6.04 Å². The molecule has 0 saturated carbocycles. The fourth-order valence-corrected chi connectivity index (χ4v) is 2.21. The Balaban J connectivity index is 1.92. The van der Waals surface area contributed by atoms with Crippen LogP contribution >= 0.6 is 0 Å². The second-order valence-electron chi connectivity index (χ2n) is 4.65. The summed E-state index contributed by atoms with van der Waals surface area (Å²) in [6, 6.07) is 12.0. The lowest BCUT2D eigenvalue weighted by molar-refractivity contribution is 0.513. The molecule has 0 aliphatic heterocycles. The molecule has 3 rings (SSSR count). The molecule has 0 bridgehead atoms. The molecule has 0 aliphatic rings. The molecule has 1 atom stereocenters. The van der Waals surface area contributed by atoms with Gasteiger partial charge in [0.25, 0.3) is 0 Å². The Labute approximate surface area is 116 Å². The zero-order valence-corrected chi connectivity index (χ0v) is 11.2. The van der Waals surface area contributed by atoms with E-state index in [2.05, 4.69) is 26.6 Å². The largest absolute Gasteiger partial charge is 0.271 e. The van der Waals surface area contributed by atoms with Crippen LogP contribution in [0.2, 0.25) is 0 Å². The zero-order valence-electron chi connectivity index (χ0n) is 11.2. The molecule has 6 heteroatoms. The summed E-state index contributed by atoms with van der Waals surface area (Å²) in [7, 11) is 1.86. The number of hydrazine groups is 1. The maximum Gasteiger partial charge on any atom is 0.138 e. The summed E-state index contributed by atoms with van der Waals surface area (Å²) in [4.78, 5) is 8.88. The average molecular weight is 268 g/mol. The van der Waals surface area contributed by atoms with E-state index in [1.54, 1.807) is 4.68 Å². The van der Waals surface area contributed by atoms with Gasteiger partial charge in [-0.05, 0) is 12.1 Å². The van der Waals surface area contributed by atoms with E-state index < -0.39 is 0 Å². The number of nitrogens with one attached hydrogen (secondary N) is 1. The molecule has 20 heavy (non-hydrogen) atoms. The van der Waals surface area contributed by atoms with Gasteiger partial charge in [-0.1, -0.05) is 24.3 Å². The third-order valence-electron chi connectivity index (χ3n) is 3.37. The van der Waals surface area contributed by atoms with Crippen LogP contribution in [0.3, 0.4) is 0 Å². The smallest absolute Gasteiger partial charge is 0.138 e.